The van der Waals surface area contributed by atoms with Gasteiger partial charge in [0.1, 0.15) is 0 Å². The molecule has 2 rings (SSSR count). The summed E-state index contributed by atoms with van der Waals surface area (Å²) in [6.07, 6.45) is 12.3. The van der Waals surface area contributed by atoms with Crippen LogP contribution in [0, 0.1) is 11.3 Å². The molecule has 2 atom stereocenters. The first-order chi connectivity index (χ1) is 7.08. The SMILES string of the molecule is CC1CCCCC1(C)C1(N)CCCCC1. The predicted octanol–water partition coefficient (Wildman–Crippen LogP) is 3.86. The third-order valence-corrected chi connectivity index (χ3v) is 5.55. The summed E-state index contributed by atoms with van der Waals surface area (Å²) in [7, 11) is 0. The smallest absolute Gasteiger partial charge is 0.0211 e. The maximum atomic E-state index is 6.76. The Kier molecular flexibility index (Phi) is 3.12. The first-order valence-electron chi connectivity index (χ1n) is 6.87. The molecule has 88 valence electrons. The molecule has 1 heteroatoms. The van der Waals surface area contributed by atoms with Gasteiger partial charge in [0.15, 0.2) is 0 Å². The second-order valence-electron chi connectivity index (χ2n) is 6.28. The third-order valence-electron chi connectivity index (χ3n) is 5.55. The van der Waals surface area contributed by atoms with Crippen molar-refractivity contribution >= 4 is 0 Å². The van der Waals surface area contributed by atoms with Crippen LogP contribution >= 0.6 is 0 Å². The van der Waals surface area contributed by atoms with Gasteiger partial charge in [-0.1, -0.05) is 52.4 Å². The van der Waals surface area contributed by atoms with Gasteiger partial charge in [-0.3, -0.25) is 0 Å². The van der Waals surface area contributed by atoms with E-state index in [0.717, 1.165) is 5.92 Å². The molecule has 2 saturated carbocycles. The topological polar surface area (TPSA) is 26.0 Å². The largest absolute Gasteiger partial charge is 0.325 e. The monoisotopic (exact) mass is 209 g/mol. The number of rotatable bonds is 1. The van der Waals surface area contributed by atoms with Crippen LogP contribution in [0.15, 0.2) is 0 Å². The molecule has 15 heavy (non-hydrogen) atoms. The summed E-state index contributed by atoms with van der Waals surface area (Å²) in [5.74, 6) is 0.828. The van der Waals surface area contributed by atoms with Crippen molar-refractivity contribution < 1.29 is 0 Å². The fourth-order valence-corrected chi connectivity index (χ4v) is 4.00. The van der Waals surface area contributed by atoms with Crippen molar-refractivity contribution in [3.05, 3.63) is 0 Å². The highest BCUT2D eigenvalue weighted by Gasteiger charge is 2.49. The lowest BCUT2D eigenvalue weighted by atomic mass is 9.54. The van der Waals surface area contributed by atoms with Crippen molar-refractivity contribution in [2.45, 2.75) is 77.2 Å². The van der Waals surface area contributed by atoms with Crippen LogP contribution in [0.5, 0.6) is 0 Å². The van der Waals surface area contributed by atoms with Crippen LogP contribution in [0.4, 0.5) is 0 Å². The molecule has 2 aliphatic carbocycles. The van der Waals surface area contributed by atoms with Gasteiger partial charge in [-0.05, 0) is 30.6 Å². The highest BCUT2D eigenvalue weighted by atomic mass is 14.8. The van der Waals surface area contributed by atoms with Crippen LogP contribution in [-0.4, -0.2) is 5.54 Å². The Morgan fingerprint density at radius 3 is 2.13 bits per heavy atom. The highest BCUT2D eigenvalue weighted by molar-refractivity contribution is 5.04. The summed E-state index contributed by atoms with van der Waals surface area (Å²) in [5, 5.41) is 0. The summed E-state index contributed by atoms with van der Waals surface area (Å²) < 4.78 is 0. The minimum Gasteiger partial charge on any atom is -0.325 e. The van der Waals surface area contributed by atoms with E-state index in [2.05, 4.69) is 13.8 Å². The van der Waals surface area contributed by atoms with Gasteiger partial charge in [-0.15, -0.1) is 0 Å². The Morgan fingerprint density at radius 2 is 1.53 bits per heavy atom. The molecule has 2 unspecified atom stereocenters. The highest BCUT2D eigenvalue weighted by Crippen LogP contribution is 2.52. The molecule has 0 aromatic rings. The van der Waals surface area contributed by atoms with Gasteiger partial charge >= 0.3 is 0 Å². The molecular formula is C14H27N. The lowest BCUT2D eigenvalue weighted by Crippen LogP contribution is -2.58. The lowest BCUT2D eigenvalue weighted by Gasteiger charge is -2.54. The molecule has 0 spiro atoms. The molecule has 0 heterocycles. The van der Waals surface area contributed by atoms with E-state index in [-0.39, 0.29) is 5.54 Å². The Balaban J connectivity index is 2.17. The average Bonchev–Trinajstić information content (AvgIpc) is 2.23. The van der Waals surface area contributed by atoms with Crippen molar-refractivity contribution in [3.63, 3.8) is 0 Å². The van der Waals surface area contributed by atoms with Gasteiger partial charge in [-0.25, -0.2) is 0 Å². The van der Waals surface area contributed by atoms with E-state index in [1.54, 1.807) is 0 Å². The molecule has 2 fully saturated rings. The molecule has 0 bridgehead atoms. The molecule has 0 aromatic carbocycles. The van der Waals surface area contributed by atoms with Gasteiger partial charge < -0.3 is 5.73 Å². The molecule has 0 aliphatic heterocycles. The molecule has 0 aromatic heterocycles. The quantitative estimate of drug-likeness (QED) is 0.697. The zero-order valence-corrected chi connectivity index (χ0v) is 10.5. The van der Waals surface area contributed by atoms with Crippen LogP contribution in [0.2, 0.25) is 0 Å². The zero-order chi connectivity index (χ0) is 10.9. The lowest BCUT2D eigenvalue weighted by molar-refractivity contribution is 0.00693. The van der Waals surface area contributed by atoms with Gasteiger partial charge in [0.25, 0.3) is 0 Å². The van der Waals surface area contributed by atoms with Crippen molar-refractivity contribution in [1.82, 2.24) is 0 Å². The molecule has 0 saturated heterocycles. The maximum absolute atomic E-state index is 6.76. The predicted molar refractivity (Wildman–Crippen MR) is 65.7 cm³/mol. The van der Waals surface area contributed by atoms with Gasteiger partial charge in [0, 0.05) is 5.54 Å². The molecule has 2 aliphatic rings. The average molecular weight is 209 g/mol. The zero-order valence-electron chi connectivity index (χ0n) is 10.5. The maximum Gasteiger partial charge on any atom is 0.0211 e. The standard InChI is InChI=1S/C14H27N/c1-12-8-4-7-9-13(12,2)14(15)10-5-3-6-11-14/h12H,3-11,15H2,1-2H3. The minimum atomic E-state index is 0.158. The van der Waals surface area contributed by atoms with Gasteiger partial charge in [0.2, 0.25) is 0 Å². The van der Waals surface area contributed by atoms with Crippen molar-refractivity contribution in [3.8, 4) is 0 Å². The van der Waals surface area contributed by atoms with E-state index >= 15 is 0 Å². The fraction of sp³-hybridized carbons (Fsp3) is 1.00. The normalized spacial score (nSPS) is 41.4. The van der Waals surface area contributed by atoms with Crippen molar-refractivity contribution in [2.75, 3.05) is 0 Å². The summed E-state index contributed by atoms with van der Waals surface area (Å²) in [5.41, 5.74) is 7.34. The van der Waals surface area contributed by atoms with E-state index in [1.165, 1.54) is 57.8 Å². The molecule has 1 nitrogen and oxygen atoms in total. The second-order valence-corrected chi connectivity index (χ2v) is 6.28. The first kappa shape index (κ1) is 11.4. The van der Waals surface area contributed by atoms with Crippen molar-refractivity contribution in [2.24, 2.45) is 17.1 Å². The van der Waals surface area contributed by atoms with E-state index in [4.69, 9.17) is 5.73 Å². The van der Waals surface area contributed by atoms with E-state index in [1.807, 2.05) is 0 Å². The van der Waals surface area contributed by atoms with Gasteiger partial charge in [0.05, 0.1) is 0 Å². The fourth-order valence-electron chi connectivity index (χ4n) is 4.00. The second kappa shape index (κ2) is 4.08. The number of nitrogens with two attached hydrogens (primary N) is 1. The van der Waals surface area contributed by atoms with Gasteiger partial charge in [-0.2, -0.15) is 0 Å². The Bertz CT molecular complexity index is 217. The molecule has 2 N–H and O–H groups in total. The Hall–Kier alpha value is -0.0400. The minimum absolute atomic E-state index is 0.158. The van der Waals surface area contributed by atoms with E-state index in [9.17, 15) is 0 Å². The molecule has 0 amide bonds. The summed E-state index contributed by atoms with van der Waals surface area (Å²) in [4.78, 5) is 0. The van der Waals surface area contributed by atoms with Crippen LogP contribution in [0.1, 0.15) is 71.6 Å². The number of hydrogen-bond acceptors (Lipinski definition) is 1. The summed E-state index contributed by atoms with van der Waals surface area (Å²) in [6.45, 7) is 4.91. The summed E-state index contributed by atoms with van der Waals surface area (Å²) in [6, 6.07) is 0. The van der Waals surface area contributed by atoms with Crippen LogP contribution in [0.3, 0.4) is 0 Å². The third kappa shape index (κ3) is 1.84. The van der Waals surface area contributed by atoms with Crippen LogP contribution < -0.4 is 5.73 Å². The van der Waals surface area contributed by atoms with Crippen LogP contribution in [0.25, 0.3) is 0 Å². The number of hydrogen-bond donors (Lipinski definition) is 1. The van der Waals surface area contributed by atoms with Crippen LogP contribution in [-0.2, 0) is 0 Å². The first-order valence-corrected chi connectivity index (χ1v) is 6.87. The van der Waals surface area contributed by atoms with E-state index in [0.29, 0.717) is 5.41 Å². The summed E-state index contributed by atoms with van der Waals surface area (Å²) >= 11 is 0. The Morgan fingerprint density at radius 1 is 0.933 bits per heavy atom. The van der Waals surface area contributed by atoms with Crippen molar-refractivity contribution in [1.29, 1.82) is 0 Å². The molecular weight excluding hydrogens is 182 g/mol. The molecule has 0 radical (unpaired) electrons. The van der Waals surface area contributed by atoms with E-state index < -0.39 is 0 Å². The Labute approximate surface area is 94.8 Å².